The molecule has 3 rings (SSSR count). The summed E-state index contributed by atoms with van der Waals surface area (Å²) in [5, 5.41) is 0.733. The fraction of sp³-hybridized carbons (Fsp3) is 0.0667. The smallest absolute Gasteiger partial charge is 0.295 e. The minimum absolute atomic E-state index is 0.0686. The van der Waals surface area contributed by atoms with Gasteiger partial charge in [0, 0.05) is 17.1 Å². The van der Waals surface area contributed by atoms with Crippen molar-refractivity contribution in [2.45, 2.75) is 4.90 Å². The number of aryl methyl sites for hydroxylation is 1. The van der Waals surface area contributed by atoms with Gasteiger partial charge in [-0.05, 0) is 42.5 Å². The molecule has 0 bridgehead atoms. The molecule has 6 nitrogen and oxygen atoms in total. The minimum Gasteiger partial charge on any atom is -0.295 e. The summed E-state index contributed by atoms with van der Waals surface area (Å²) >= 11 is 11.6. The monoisotopic (exact) mass is 384 g/mol. The van der Waals surface area contributed by atoms with E-state index in [4.69, 9.17) is 23.2 Å². The molecule has 1 heterocycles. The van der Waals surface area contributed by atoms with Gasteiger partial charge in [-0.2, -0.15) is 0 Å². The van der Waals surface area contributed by atoms with E-state index in [1.54, 1.807) is 0 Å². The van der Waals surface area contributed by atoms with E-state index < -0.39 is 21.3 Å². The standard InChI is InChI=1S/C15H10Cl2N2O4S/c1-18-13-8-10(17)4-7-12(13)14(20)19(15(18)21)24(22,23)11-5-2-9(16)3-6-11/h2-8H,1H3. The first kappa shape index (κ1) is 16.8. The predicted molar refractivity (Wildman–Crippen MR) is 92.5 cm³/mol. The van der Waals surface area contributed by atoms with Crippen molar-refractivity contribution in [1.82, 2.24) is 8.54 Å². The van der Waals surface area contributed by atoms with E-state index in [1.165, 1.54) is 49.5 Å². The average molecular weight is 385 g/mol. The molecule has 0 saturated carbocycles. The Labute approximate surface area is 146 Å². The predicted octanol–water partition coefficient (Wildman–Crippen LogP) is 2.24. The van der Waals surface area contributed by atoms with Gasteiger partial charge in [-0.3, -0.25) is 9.36 Å². The number of nitrogens with zero attached hydrogens (tertiary/aromatic N) is 2. The van der Waals surface area contributed by atoms with Gasteiger partial charge in [-0.15, -0.1) is 3.97 Å². The first-order valence-corrected chi connectivity index (χ1v) is 8.85. The van der Waals surface area contributed by atoms with Crippen LogP contribution >= 0.6 is 23.2 Å². The van der Waals surface area contributed by atoms with Gasteiger partial charge in [0.05, 0.1) is 15.8 Å². The molecule has 1 aromatic heterocycles. The SMILES string of the molecule is Cn1c(=O)n(S(=O)(=O)c2ccc(Cl)cc2)c(=O)c2ccc(Cl)cc21. The van der Waals surface area contributed by atoms with Crippen molar-refractivity contribution in [3.63, 3.8) is 0 Å². The highest BCUT2D eigenvalue weighted by molar-refractivity contribution is 7.90. The maximum Gasteiger partial charge on any atom is 0.345 e. The molecule has 0 saturated heterocycles. The van der Waals surface area contributed by atoms with Crippen LogP contribution in [0.5, 0.6) is 0 Å². The number of hydrogen-bond acceptors (Lipinski definition) is 4. The highest BCUT2D eigenvalue weighted by Crippen LogP contribution is 2.18. The lowest BCUT2D eigenvalue weighted by molar-refractivity contribution is 0.579. The van der Waals surface area contributed by atoms with E-state index in [9.17, 15) is 18.0 Å². The molecule has 0 aliphatic carbocycles. The zero-order chi connectivity index (χ0) is 17.6. The van der Waals surface area contributed by atoms with E-state index in [2.05, 4.69) is 0 Å². The molecule has 0 atom stereocenters. The van der Waals surface area contributed by atoms with Crippen LogP contribution in [0, 0.1) is 0 Å². The third kappa shape index (κ3) is 2.54. The van der Waals surface area contributed by atoms with Crippen LogP contribution in [-0.4, -0.2) is 17.0 Å². The van der Waals surface area contributed by atoms with E-state index in [1.807, 2.05) is 0 Å². The number of hydrogen-bond donors (Lipinski definition) is 0. The third-order valence-corrected chi connectivity index (χ3v) is 5.71. The largest absolute Gasteiger partial charge is 0.345 e. The summed E-state index contributed by atoms with van der Waals surface area (Å²) in [7, 11) is -2.99. The van der Waals surface area contributed by atoms with Crippen LogP contribution in [0.25, 0.3) is 10.9 Å². The maximum absolute atomic E-state index is 12.7. The number of halogens is 2. The topological polar surface area (TPSA) is 78.1 Å². The van der Waals surface area contributed by atoms with Crippen molar-refractivity contribution in [2.24, 2.45) is 7.05 Å². The molecule has 9 heteroatoms. The van der Waals surface area contributed by atoms with Gasteiger partial charge in [0.2, 0.25) is 0 Å². The number of aromatic nitrogens is 2. The Morgan fingerprint density at radius 1 is 0.917 bits per heavy atom. The van der Waals surface area contributed by atoms with Crippen molar-refractivity contribution < 1.29 is 8.42 Å². The fourth-order valence-electron chi connectivity index (χ4n) is 2.32. The first-order chi connectivity index (χ1) is 11.2. The summed E-state index contributed by atoms with van der Waals surface area (Å²) in [5.74, 6) is 0. The van der Waals surface area contributed by atoms with Gasteiger partial charge < -0.3 is 0 Å². The highest BCUT2D eigenvalue weighted by Gasteiger charge is 2.24. The van der Waals surface area contributed by atoms with Gasteiger partial charge >= 0.3 is 5.69 Å². The lowest BCUT2D eigenvalue weighted by Crippen LogP contribution is -2.43. The van der Waals surface area contributed by atoms with Crippen molar-refractivity contribution in [2.75, 3.05) is 0 Å². The maximum atomic E-state index is 12.7. The number of benzene rings is 2. The van der Waals surface area contributed by atoms with Crippen LogP contribution in [0.2, 0.25) is 10.0 Å². The molecule has 2 aromatic carbocycles. The molecule has 24 heavy (non-hydrogen) atoms. The van der Waals surface area contributed by atoms with E-state index >= 15 is 0 Å². The Balaban J connectivity index is 2.43. The van der Waals surface area contributed by atoms with E-state index in [0.29, 0.717) is 10.0 Å². The highest BCUT2D eigenvalue weighted by atomic mass is 35.5. The number of rotatable bonds is 2. The first-order valence-electron chi connectivity index (χ1n) is 6.66. The van der Waals surface area contributed by atoms with Crippen LogP contribution in [0.15, 0.2) is 56.9 Å². The molecular formula is C15H10Cl2N2O4S. The van der Waals surface area contributed by atoms with Gasteiger partial charge in [0.1, 0.15) is 0 Å². The average Bonchev–Trinajstić information content (AvgIpc) is 2.53. The summed E-state index contributed by atoms with van der Waals surface area (Å²) in [5.41, 5.74) is -1.66. The molecule has 0 radical (unpaired) electrons. The molecular weight excluding hydrogens is 375 g/mol. The zero-order valence-electron chi connectivity index (χ0n) is 12.2. The molecule has 124 valence electrons. The van der Waals surface area contributed by atoms with Crippen molar-refractivity contribution in [3.05, 3.63) is 73.3 Å². The van der Waals surface area contributed by atoms with E-state index in [0.717, 1.165) is 4.57 Å². The van der Waals surface area contributed by atoms with E-state index in [-0.39, 0.29) is 19.8 Å². The molecule has 0 N–H and O–H groups in total. The van der Waals surface area contributed by atoms with Crippen LogP contribution in [0.1, 0.15) is 0 Å². The van der Waals surface area contributed by atoms with Gasteiger partial charge in [-0.25, -0.2) is 13.2 Å². The van der Waals surface area contributed by atoms with Crippen LogP contribution in [0.4, 0.5) is 0 Å². The fourth-order valence-corrected chi connectivity index (χ4v) is 3.95. The second-order valence-corrected chi connectivity index (χ2v) is 7.69. The Kier molecular flexibility index (Phi) is 4.03. The van der Waals surface area contributed by atoms with Crippen LogP contribution < -0.4 is 11.2 Å². The lowest BCUT2D eigenvalue weighted by Gasteiger charge is -2.11. The number of fused-ring (bicyclic) bond motifs is 1. The van der Waals surface area contributed by atoms with Crippen molar-refractivity contribution in [1.29, 1.82) is 0 Å². The Morgan fingerprint density at radius 2 is 1.50 bits per heavy atom. The molecule has 0 unspecified atom stereocenters. The summed E-state index contributed by atoms with van der Waals surface area (Å²) in [6, 6.07) is 9.46. The molecule has 0 aliphatic heterocycles. The third-order valence-electron chi connectivity index (χ3n) is 3.55. The summed E-state index contributed by atoms with van der Waals surface area (Å²) < 4.78 is 26.8. The summed E-state index contributed by atoms with van der Waals surface area (Å²) in [6.07, 6.45) is 0. The Morgan fingerprint density at radius 3 is 2.12 bits per heavy atom. The summed E-state index contributed by atoms with van der Waals surface area (Å²) in [4.78, 5) is 24.9. The van der Waals surface area contributed by atoms with Gasteiger partial charge in [-0.1, -0.05) is 23.2 Å². The van der Waals surface area contributed by atoms with Gasteiger partial charge in [0.25, 0.3) is 15.6 Å². The molecule has 0 fully saturated rings. The lowest BCUT2D eigenvalue weighted by atomic mass is 10.2. The van der Waals surface area contributed by atoms with Gasteiger partial charge in [0.15, 0.2) is 0 Å². The molecule has 0 aliphatic rings. The Bertz CT molecular complexity index is 1180. The zero-order valence-corrected chi connectivity index (χ0v) is 14.6. The van der Waals surface area contributed by atoms with Crippen LogP contribution in [0.3, 0.4) is 0 Å². The van der Waals surface area contributed by atoms with Crippen LogP contribution in [-0.2, 0) is 17.1 Å². The quantitative estimate of drug-likeness (QED) is 0.678. The molecule has 0 amide bonds. The normalized spacial score (nSPS) is 11.8. The molecule has 3 aromatic rings. The Hall–Kier alpha value is -2.09. The van der Waals surface area contributed by atoms with Crippen molar-refractivity contribution >= 4 is 44.1 Å². The second-order valence-electron chi connectivity index (χ2n) is 5.03. The minimum atomic E-state index is -4.36. The summed E-state index contributed by atoms with van der Waals surface area (Å²) in [6.45, 7) is 0. The molecule has 0 spiro atoms. The van der Waals surface area contributed by atoms with Crippen molar-refractivity contribution in [3.8, 4) is 0 Å². The second kappa shape index (κ2) is 5.77.